The van der Waals surface area contributed by atoms with E-state index in [1.165, 1.54) is 7.11 Å². The summed E-state index contributed by atoms with van der Waals surface area (Å²) in [5, 5.41) is 2.20. The number of hydrogen-bond acceptors (Lipinski definition) is 2. The van der Waals surface area contributed by atoms with Gasteiger partial charge in [-0.05, 0) is 0 Å². The molecule has 1 aliphatic heterocycles. The van der Waals surface area contributed by atoms with Crippen molar-refractivity contribution in [3.05, 3.63) is 6.54 Å². The number of carbonyl (C=O) groups excluding carboxylic acids is 1. The van der Waals surface area contributed by atoms with Crippen LogP contribution in [0.5, 0.6) is 0 Å². The molecule has 0 saturated heterocycles. The number of methoxy groups -OCH3 is 1. The zero-order chi connectivity index (χ0) is 5.98. The third-order valence-corrected chi connectivity index (χ3v) is 0.673. The van der Waals surface area contributed by atoms with Crippen LogP contribution < -0.4 is 5.32 Å². The van der Waals surface area contributed by atoms with Gasteiger partial charge in [0.25, 0.3) is 0 Å². The van der Waals surface area contributed by atoms with Crippen molar-refractivity contribution in [2.75, 3.05) is 7.11 Å². The molecule has 0 aliphatic carbocycles. The number of aliphatic imine (C=N–C) groups is 1. The Morgan fingerprint density at radius 3 is 2.88 bits per heavy atom. The molecule has 0 aromatic rings. The standard InChI is InChI=1S/C4H4N2O2/c1-8-3-2-5-4(7)6-3/h1H3,(H,5,7). The smallest absolute Gasteiger partial charge is 0.345 e. The number of urea groups is 1. The molecule has 42 valence electrons. The fraction of sp³-hybridized carbons (Fsp3) is 0.250. The summed E-state index contributed by atoms with van der Waals surface area (Å²) in [6.45, 7) is 2.38. The summed E-state index contributed by atoms with van der Waals surface area (Å²) >= 11 is 0. The van der Waals surface area contributed by atoms with Crippen LogP contribution in [0.4, 0.5) is 4.79 Å². The van der Waals surface area contributed by atoms with Crippen LogP contribution in [0.2, 0.25) is 0 Å². The van der Waals surface area contributed by atoms with Crippen LogP contribution >= 0.6 is 0 Å². The second-order valence-electron chi connectivity index (χ2n) is 1.18. The summed E-state index contributed by atoms with van der Waals surface area (Å²) in [6, 6.07) is -0.429. The van der Waals surface area contributed by atoms with Crippen LogP contribution in [-0.4, -0.2) is 19.0 Å². The van der Waals surface area contributed by atoms with Gasteiger partial charge in [-0.3, -0.25) is 0 Å². The average molecular weight is 112 g/mol. The lowest BCUT2D eigenvalue weighted by atomic mass is 10.7. The van der Waals surface area contributed by atoms with Crippen molar-refractivity contribution < 1.29 is 9.53 Å². The van der Waals surface area contributed by atoms with Crippen molar-refractivity contribution in [1.82, 2.24) is 5.32 Å². The Kier molecular flexibility index (Phi) is 1.15. The minimum absolute atomic E-state index is 0.204. The van der Waals surface area contributed by atoms with E-state index >= 15 is 0 Å². The molecule has 1 aliphatic rings. The third-order valence-electron chi connectivity index (χ3n) is 0.673. The predicted octanol–water partition coefficient (Wildman–Crippen LogP) is -0.207. The first-order valence-electron chi connectivity index (χ1n) is 2.01. The zero-order valence-corrected chi connectivity index (χ0v) is 4.26. The molecule has 0 atom stereocenters. The lowest BCUT2D eigenvalue weighted by Crippen LogP contribution is -2.10. The van der Waals surface area contributed by atoms with Crippen molar-refractivity contribution in [3.63, 3.8) is 0 Å². The minimum atomic E-state index is -0.429. The molecule has 4 heteroatoms. The molecule has 4 nitrogen and oxygen atoms in total. The third kappa shape index (κ3) is 0.776. The lowest BCUT2D eigenvalue weighted by Gasteiger charge is -1.88. The first kappa shape index (κ1) is 5.08. The first-order chi connectivity index (χ1) is 3.83. The van der Waals surface area contributed by atoms with Gasteiger partial charge in [0.05, 0.1) is 7.11 Å². The van der Waals surface area contributed by atoms with E-state index in [4.69, 9.17) is 0 Å². The van der Waals surface area contributed by atoms with E-state index in [-0.39, 0.29) is 5.90 Å². The molecule has 8 heavy (non-hydrogen) atoms. The van der Waals surface area contributed by atoms with E-state index in [1.54, 1.807) is 0 Å². The van der Waals surface area contributed by atoms with Gasteiger partial charge < -0.3 is 10.1 Å². The number of carbonyl (C=O) groups is 1. The maximum Gasteiger partial charge on any atom is 0.345 e. The Labute approximate surface area is 46.5 Å². The number of nitrogens with zero attached hydrogens (tertiary/aromatic N) is 1. The van der Waals surface area contributed by atoms with Crippen molar-refractivity contribution >= 4 is 11.9 Å². The predicted molar refractivity (Wildman–Crippen MR) is 26.2 cm³/mol. The van der Waals surface area contributed by atoms with E-state index in [0.29, 0.717) is 0 Å². The Morgan fingerprint density at radius 1 is 1.88 bits per heavy atom. The summed E-state index contributed by atoms with van der Waals surface area (Å²) in [5.74, 6) is 0.204. The summed E-state index contributed by atoms with van der Waals surface area (Å²) < 4.78 is 4.54. The molecule has 1 N–H and O–H groups in total. The molecule has 0 fully saturated rings. The molecule has 2 radical (unpaired) electrons. The largest absolute Gasteiger partial charge is 0.482 e. The van der Waals surface area contributed by atoms with Crippen LogP contribution in [0.15, 0.2) is 4.99 Å². The molecule has 2 amide bonds. The Hall–Kier alpha value is -1.06. The van der Waals surface area contributed by atoms with Crippen molar-refractivity contribution in [2.24, 2.45) is 4.99 Å². The van der Waals surface area contributed by atoms with Gasteiger partial charge in [-0.2, -0.15) is 4.99 Å². The van der Waals surface area contributed by atoms with Crippen LogP contribution in [0, 0.1) is 6.54 Å². The molecule has 0 unspecified atom stereocenters. The zero-order valence-electron chi connectivity index (χ0n) is 4.26. The highest BCUT2D eigenvalue weighted by atomic mass is 16.5. The molecular weight excluding hydrogens is 108 g/mol. The quantitative estimate of drug-likeness (QED) is 0.471. The number of ether oxygens (including phenoxy) is 1. The maximum atomic E-state index is 10.2. The molecule has 0 bridgehead atoms. The number of nitrogens with one attached hydrogen (secondary N) is 1. The van der Waals surface area contributed by atoms with E-state index in [9.17, 15) is 4.79 Å². The summed E-state index contributed by atoms with van der Waals surface area (Å²) in [6.07, 6.45) is 0. The summed E-state index contributed by atoms with van der Waals surface area (Å²) in [5.41, 5.74) is 0. The monoisotopic (exact) mass is 112 g/mol. The number of amides is 2. The van der Waals surface area contributed by atoms with Crippen LogP contribution in [0.3, 0.4) is 0 Å². The van der Waals surface area contributed by atoms with Crippen LogP contribution in [0.25, 0.3) is 0 Å². The Bertz CT molecular complexity index is 141. The maximum absolute atomic E-state index is 10.2. The summed E-state index contributed by atoms with van der Waals surface area (Å²) in [7, 11) is 1.42. The van der Waals surface area contributed by atoms with Crippen LogP contribution in [-0.2, 0) is 4.74 Å². The molecule has 0 saturated carbocycles. The second-order valence-corrected chi connectivity index (χ2v) is 1.18. The van der Waals surface area contributed by atoms with Crippen molar-refractivity contribution in [3.8, 4) is 0 Å². The second kappa shape index (κ2) is 1.81. The van der Waals surface area contributed by atoms with Gasteiger partial charge in [-0.25, -0.2) is 4.79 Å². The fourth-order valence-corrected chi connectivity index (χ4v) is 0.352. The summed E-state index contributed by atoms with van der Waals surface area (Å²) in [4.78, 5) is 13.5. The van der Waals surface area contributed by atoms with E-state index < -0.39 is 6.03 Å². The molecule has 1 rings (SSSR count). The van der Waals surface area contributed by atoms with Gasteiger partial charge in [0.1, 0.15) is 0 Å². The SMILES string of the molecule is COC1=NC(=O)N[C]1. The van der Waals surface area contributed by atoms with Crippen LogP contribution in [0.1, 0.15) is 0 Å². The average Bonchev–Trinajstić information content (AvgIpc) is 2.14. The number of hydrogen-bond donors (Lipinski definition) is 1. The first-order valence-corrected chi connectivity index (χ1v) is 2.01. The van der Waals surface area contributed by atoms with Gasteiger partial charge in [0.15, 0.2) is 6.54 Å². The van der Waals surface area contributed by atoms with Gasteiger partial charge in [-0.1, -0.05) is 0 Å². The van der Waals surface area contributed by atoms with Gasteiger partial charge in [0, 0.05) is 0 Å². The molecule has 0 aromatic carbocycles. The highest BCUT2D eigenvalue weighted by Gasteiger charge is 2.13. The van der Waals surface area contributed by atoms with E-state index in [0.717, 1.165) is 0 Å². The topological polar surface area (TPSA) is 50.7 Å². The molecule has 0 spiro atoms. The normalized spacial score (nSPS) is 17.6. The highest BCUT2D eigenvalue weighted by molar-refractivity contribution is 6.02. The highest BCUT2D eigenvalue weighted by Crippen LogP contribution is 1.92. The molecule has 1 heterocycles. The Balaban J connectivity index is 2.57. The molecular formula is C4H4N2O2. The number of rotatable bonds is 0. The Morgan fingerprint density at radius 2 is 2.62 bits per heavy atom. The van der Waals surface area contributed by atoms with Gasteiger partial charge >= 0.3 is 6.03 Å². The fourth-order valence-electron chi connectivity index (χ4n) is 0.352. The van der Waals surface area contributed by atoms with Gasteiger partial charge in [-0.15, -0.1) is 0 Å². The van der Waals surface area contributed by atoms with E-state index in [2.05, 4.69) is 21.6 Å². The van der Waals surface area contributed by atoms with Crippen molar-refractivity contribution in [1.29, 1.82) is 0 Å². The van der Waals surface area contributed by atoms with Crippen molar-refractivity contribution in [2.45, 2.75) is 0 Å². The van der Waals surface area contributed by atoms with E-state index in [1.807, 2.05) is 0 Å². The molecule has 0 aromatic heterocycles. The lowest BCUT2D eigenvalue weighted by molar-refractivity contribution is 0.253. The van der Waals surface area contributed by atoms with Gasteiger partial charge in [0.2, 0.25) is 5.90 Å². The minimum Gasteiger partial charge on any atom is -0.482 e.